The van der Waals surface area contributed by atoms with E-state index in [1.165, 1.54) is 24.3 Å². The number of alkyl carbamates (subject to hydrolysis) is 1. The number of benzene rings is 2. The van der Waals surface area contributed by atoms with Crippen LogP contribution >= 0.6 is 7.82 Å². The molecule has 216 valence electrons. The maximum atomic E-state index is 13.6. The minimum absolute atomic E-state index is 0.0235. The molecular formula is C25H36N3O9PS. The van der Waals surface area contributed by atoms with Gasteiger partial charge in [0.25, 0.3) is 0 Å². The monoisotopic (exact) mass is 585 g/mol. The predicted octanol–water partition coefficient (Wildman–Crippen LogP) is 2.52. The van der Waals surface area contributed by atoms with Crippen LogP contribution in [0, 0.1) is 5.92 Å². The molecule has 1 aliphatic heterocycles. The highest BCUT2D eigenvalue weighted by atomic mass is 32.2. The van der Waals surface area contributed by atoms with Gasteiger partial charge in [-0.3, -0.25) is 4.52 Å². The van der Waals surface area contributed by atoms with E-state index >= 15 is 0 Å². The SMILES string of the molecule is CC(C)CN(CC(OP(=O)(O)O)C(Cc1ccccc1)NC(=O)O[C@H]1CCOC1)S(=O)(=O)c1ccc(N)cc1. The van der Waals surface area contributed by atoms with E-state index in [0.29, 0.717) is 18.7 Å². The summed E-state index contributed by atoms with van der Waals surface area (Å²) in [5, 5.41) is 2.65. The molecule has 1 aliphatic rings. The third-order valence-corrected chi connectivity index (χ3v) is 8.35. The number of nitrogen functional groups attached to an aromatic ring is 1. The van der Waals surface area contributed by atoms with Gasteiger partial charge in [0.1, 0.15) is 12.2 Å². The first-order valence-corrected chi connectivity index (χ1v) is 15.5. The van der Waals surface area contributed by atoms with E-state index in [-0.39, 0.29) is 30.4 Å². The summed E-state index contributed by atoms with van der Waals surface area (Å²) in [6, 6.07) is 13.5. The molecule has 14 heteroatoms. The number of rotatable bonds is 13. The average Bonchev–Trinajstić information content (AvgIpc) is 3.35. The highest BCUT2D eigenvalue weighted by Gasteiger charge is 2.37. The fourth-order valence-corrected chi connectivity index (χ4v) is 6.35. The third-order valence-electron chi connectivity index (χ3n) is 5.96. The number of nitrogens with one attached hydrogen (secondary N) is 1. The fraction of sp³-hybridized carbons (Fsp3) is 0.480. The Morgan fingerprint density at radius 1 is 1.15 bits per heavy atom. The predicted molar refractivity (Wildman–Crippen MR) is 144 cm³/mol. The second kappa shape index (κ2) is 13.7. The molecule has 2 aromatic carbocycles. The number of phosphoric acid groups is 1. The molecule has 0 saturated carbocycles. The van der Waals surface area contributed by atoms with Gasteiger partial charge in [0.2, 0.25) is 10.0 Å². The van der Waals surface area contributed by atoms with Crippen LogP contribution in [-0.2, 0) is 35.0 Å². The summed E-state index contributed by atoms with van der Waals surface area (Å²) in [6.07, 6.45) is -2.14. The van der Waals surface area contributed by atoms with Crippen LogP contribution in [0.25, 0.3) is 0 Å². The lowest BCUT2D eigenvalue weighted by molar-refractivity contribution is 0.0601. The number of nitrogens with zero attached hydrogens (tertiary/aromatic N) is 1. The number of anilines is 1. The van der Waals surface area contributed by atoms with Crippen molar-refractivity contribution >= 4 is 29.6 Å². The van der Waals surface area contributed by atoms with E-state index < -0.39 is 48.7 Å². The number of ether oxygens (including phenoxy) is 2. The molecule has 12 nitrogen and oxygen atoms in total. The van der Waals surface area contributed by atoms with Crippen molar-refractivity contribution in [3.8, 4) is 0 Å². The van der Waals surface area contributed by atoms with Gasteiger partial charge in [-0.15, -0.1) is 0 Å². The zero-order valence-electron chi connectivity index (χ0n) is 21.9. The van der Waals surface area contributed by atoms with Gasteiger partial charge in [-0.2, -0.15) is 4.31 Å². The molecule has 0 radical (unpaired) electrons. The molecule has 0 aromatic heterocycles. The summed E-state index contributed by atoms with van der Waals surface area (Å²) in [5.41, 5.74) is 6.82. The van der Waals surface area contributed by atoms with Crippen molar-refractivity contribution in [1.29, 1.82) is 0 Å². The van der Waals surface area contributed by atoms with Gasteiger partial charge in [0.05, 0.1) is 24.2 Å². The molecule has 1 saturated heterocycles. The summed E-state index contributed by atoms with van der Waals surface area (Å²) >= 11 is 0. The molecule has 2 aromatic rings. The van der Waals surface area contributed by atoms with E-state index in [4.69, 9.17) is 19.7 Å². The third kappa shape index (κ3) is 9.87. The Morgan fingerprint density at radius 3 is 2.38 bits per heavy atom. The number of hydrogen-bond acceptors (Lipinski definition) is 8. The molecule has 3 atom stereocenters. The van der Waals surface area contributed by atoms with Crippen molar-refractivity contribution in [2.45, 2.75) is 49.8 Å². The van der Waals surface area contributed by atoms with Crippen LogP contribution in [0.3, 0.4) is 0 Å². The average molecular weight is 586 g/mol. The van der Waals surface area contributed by atoms with Gasteiger partial charge in [-0.25, -0.2) is 17.8 Å². The molecule has 0 spiro atoms. The zero-order chi connectivity index (χ0) is 28.6. The lowest BCUT2D eigenvalue weighted by Gasteiger charge is -2.33. The largest absolute Gasteiger partial charge is 0.469 e. The van der Waals surface area contributed by atoms with Gasteiger partial charge < -0.3 is 30.3 Å². The normalized spacial score (nSPS) is 17.7. The Bertz CT molecular complexity index is 1220. The number of hydrogen-bond donors (Lipinski definition) is 4. The van der Waals surface area contributed by atoms with Gasteiger partial charge in [-0.05, 0) is 42.2 Å². The van der Waals surface area contributed by atoms with Crippen LogP contribution in [0.5, 0.6) is 0 Å². The summed E-state index contributed by atoms with van der Waals surface area (Å²) in [5.74, 6) is -0.142. The first-order valence-electron chi connectivity index (χ1n) is 12.5. The minimum atomic E-state index is -5.12. The van der Waals surface area contributed by atoms with Crippen LogP contribution in [0.15, 0.2) is 59.5 Å². The van der Waals surface area contributed by atoms with Crippen LogP contribution in [0.2, 0.25) is 0 Å². The van der Waals surface area contributed by atoms with Crippen LogP contribution in [0.4, 0.5) is 10.5 Å². The standard InChI is InChI=1S/C25H36N3O9PS/c1-18(2)15-28(39(33,34)22-10-8-20(26)9-11-22)16-24(37-38(30,31)32)23(14-19-6-4-3-5-7-19)27-25(29)36-21-12-13-35-17-21/h3-11,18,21,23-24H,12-17,26H2,1-2H3,(H,27,29)(H2,30,31,32)/t21-,23?,24?/m0/s1. The summed E-state index contributed by atoms with van der Waals surface area (Å²) in [4.78, 5) is 32.3. The Labute approximate surface area is 228 Å². The van der Waals surface area contributed by atoms with Crippen molar-refractivity contribution in [2.75, 3.05) is 32.0 Å². The lowest BCUT2D eigenvalue weighted by Crippen LogP contribution is -2.52. The van der Waals surface area contributed by atoms with Gasteiger partial charge in [0, 0.05) is 25.2 Å². The van der Waals surface area contributed by atoms with Gasteiger partial charge in [0.15, 0.2) is 0 Å². The maximum Gasteiger partial charge on any atom is 0.469 e. The lowest BCUT2D eigenvalue weighted by atomic mass is 10.0. The summed E-state index contributed by atoms with van der Waals surface area (Å²) in [6.45, 7) is 3.87. The molecule has 1 fully saturated rings. The second-order valence-electron chi connectivity index (χ2n) is 9.75. The Morgan fingerprint density at radius 2 is 1.82 bits per heavy atom. The van der Waals surface area contributed by atoms with Crippen LogP contribution in [0.1, 0.15) is 25.8 Å². The summed E-state index contributed by atoms with van der Waals surface area (Å²) in [7, 11) is -9.26. The van der Waals surface area contributed by atoms with Gasteiger partial charge in [-0.1, -0.05) is 44.2 Å². The molecule has 2 unspecified atom stereocenters. The fourth-order valence-electron chi connectivity index (χ4n) is 4.16. The van der Waals surface area contributed by atoms with Crippen molar-refractivity contribution in [3.63, 3.8) is 0 Å². The molecule has 1 heterocycles. The van der Waals surface area contributed by atoms with Crippen molar-refractivity contribution in [3.05, 3.63) is 60.2 Å². The Kier molecular flexibility index (Phi) is 10.9. The maximum absolute atomic E-state index is 13.6. The van der Waals surface area contributed by atoms with E-state index in [2.05, 4.69) is 5.32 Å². The highest BCUT2D eigenvalue weighted by Crippen LogP contribution is 2.39. The van der Waals surface area contributed by atoms with Crippen LogP contribution in [-0.4, -0.2) is 73.2 Å². The van der Waals surface area contributed by atoms with E-state index in [0.717, 1.165) is 9.87 Å². The van der Waals surface area contributed by atoms with Gasteiger partial charge >= 0.3 is 13.9 Å². The number of sulfonamides is 1. The molecule has 39 heavy (non-hydrogen) atoms. The number of phosphoric ester groups is 1. The molecule has 1 amide bonds. The Hall–Kier alpha value is -2.51. The quantitative estimate of drug-likeness (QED) is 0.202. The molecule has 0 aliphatic carbocycles. The number of nitrogens with two attached hydrogens (primary N) is 1. The summed E-state index contributed by atoms with van der Waals surface area (Å²) < 4.78 is 56.2. The van der Waals surface area contributed by atoms with Crippen molar-refractivity contribution < 1.29 is 41.6 Å². The first kappa shape index (κ1) is 31.0. The van der Waals surface area contributed by atoms with E-state index in [1.807, 2.05) is 13.8 Å². The van der Waals surface area contributed by atoms with Crippen molar-refractivity contribution in [2.24, 2.45) is 5.92 Å². The van der Waals surface area contributed by atoms with Crippen LogP contribution < -0.4 is 11.1 Å². The zero-order valence-corrected chi connectivity index (χ0v) is 23.6. The van der Waals surface area contributed by atoms with E-state index in [9.17, 15) is 27.6 Å². The number of amides is 1. The first-order chi connectivity index (χ1) is 18.3. The number of carbonyl (C=O) groups is 1. The molecular weight excluding hydrogens is 549 g/mol. The number of carbonyl (C=O) groups excluding carboxylic acids is 1. The highest BCUT2D eigenvalue weighted by molar-refractivity contribution is 7.89. The second-order valence-corrected chi connectivity index (χ2v) is 12.9. The molecule has 3 rings (SSSR count). The van der Waals surface area contributed by atoms with Crippen molar-refractivity contribution in [1.82, 2.24) is 9.62 Å². The Balaban J connectivity index is 1.96. The molecule has 5 N–H and O–H groups in total. The topological polar surface area (TPSA) is 178 Å². The minimum Gasteiger partial charge on any atom is -0.444 e. The molecule has 0 bridgehead atoms. The van der Waals surface area contributed by atoms with E-state index in [1.54, 1.807) is 30.3 Å². The smallest absolute Gasteiger partial charge is 0.444 e.